The number of hydroxylamine groups is 1. The third-order valence-electron chi connectivity index (χ3n) is 1.44. The second kappa shape index (κ2) is 4.34. The highest BCUT2D eigenvalue weighted by atomic mass is 35.5. The number of benzene rings is 1. The van der Waals surface area contributed by atoms with Crippen LogP contribution in [-0.4, -0.2) is 11.8 Å². The Labute approximate surface area is 70.8 Å². The van der Waals surface area contributed by atoms with Crippen molar-refractivity contribution in [2.75, 3.05) is 6.54 Å². The van der Waals surface area contributed by atoms with Gasteiger partial charge in [-0.1, -0.05) is 23.7 Å². The predicted octanol–water partition coefficient (Wildman–Crippen LogP) is 1.86. The Hall–Kier alpha value is -0.570. The molecule has 0 heterocycles. The molecule has 0 amide bonds. The summed E-state index contributed by atoms with van der Waals surface area (Å²) in [7, 11) is 0. The van der Waals surface area contributed by atoms with E-state index in [0.29, 0.717) is 6.54 Å². The first-order chi connectivity index (χ1) is 5.33. The fourth-order valence-electron chi connectivity index (χ4n) is 0.851. The van der Waals surface area contributed by atoms with Crippen molar-refractivity contribution in [3.8, 4) is 0 Å². The van der Waals surface area contributed by atoms with Crippen molar-refractivity contribution >= 4 is 11.6 Å². The van der Waals surface area contributed by atoms with Gasteiger partial charge in [0.15, 0.2) is 0 Å². The van der Waals surface area contributed by atoms with Crippen LogP contribution >= 0.6 is 11.6 Å². The maximum absolute atomic E-state index is 8.31. The summed E-state index contributed by atoms with van der Waals surface area (Å²) in [6.45, 7) is 0.571. The van der Waals surface area contributed by atoms with Gasteiger partial charge in [0.25, 0.3) is 0 Å². The molecule has 2 nitrogen and oxygen atoms in total. The van der Waals surface area contributed by atoms with Crippen molar-refractivity contribution < 1.29 is 5.21 Å². The molecule has 0 saturated heterocycles. The third-order valence-corrected chi connectivity index (χ3v) is 1.69. The number of hydrogen-bond acceptors (Lipinski definition) is 2. The van der Waals surface area contributed by atoms with Gasteiger partial charge < -0.3 is 5.21 Å². The van der Waals surface area contributed by atoms with Crippen LogP contribution in [0.5, 0.6) is 0 Å². The molecule has 0 spiro atoms. The smallest absolute Gasteiger partial charge is 0.0406 e. The van der Waals surface area contributed by atoms with Crippen molar-refractivity contribution in [2.45, 2.75) is 6.42 Å². The van der Waals surface area contributed by atoms with Crippen LogP contribution in [0, 0.1) is 0 Å². The van der Waals surface area contributed by atoms with Crippen LogP contribution in [0.3, 0.4) is 0 Å². The van der Waals surface area contributed by atoms with Crippen molar-refractivity contribution in [1.29, 1.82) is 0 Å². The van der Waals surface area contributed by atoms with E-state index < -0.39 is 0 Å². The number of nitrogens with one attached hydrogen (secondary N) is 1. The second-order valence-corrected chi connectivity index (χ2v) is 2.72. The van der Waals surface area contributed by atoms with E-state index in [9.17, 15) is 0 Å². The first kappa shape index (κ1) is 8.53. The maximum atomic E-state index is 8.31. The predicted molar refractivity (Wildman–Crippen MR) is 44.9 cm³/mol. The first-order valence-corrected chi connectivity index (χ1v) is 3.82. The van der Waals surface area contributed by atoms with E-state index in [2.05, 4.69) is 5.48 Å². The van der Waals surface area contributed by atoms with E-state index in [1.807, 2.05) is 24.3 Å². The minimum atomic E-state index is 0.571. The molecule has 0 aromatic heterocycles. The zero-order valence-corrected chi connectivity index (χ0v) is 6.80. The summed E-state index contributed by atoms with van der Waals surface area (Å²) in [5, 5.41) is 9.05. The van der Waals surface area contributed by atoms with Crippen LogP contribution in [0.1, 0.15) is 5.56 Å². The molecule has 0 unspecified atom stereocenters. The molecule has 0 bridgehead atoms. The topological polar surface area (TPSA) is 32.3 Å². The van der Waals surface area contributed by atoms with Crippen molar-refractivity contribution in [3.05, 3.63) is 34.9 Å². The van der Waals surface area contributed by atoms with E-state index in [4.69, 9.17) is 16.8 Å². The molecule has 1 aromatic rings. The van der Waals surface area contributed by atoms with Crippen LogP contribution in [-0.2, 0) is 6.42 Å². The molecule has 0 aliphatic heterocycles. The molecular formula is C8H10ClNO. The lowest BCUT2D eigenvalue weighted by atomic mass is 10.2. The van der Waals surface area contributed by atoms with E-state index in [-0.39, 0.29) is 0 Å². The largest absolute Gasteiger partial charge is 0.317 e. The zero-order chi connectivity index (χ0) is 8.10. The van der Waals surface area contributed by atoms with Crippen LogP contribution < -0.4 is 5.48 Å². The molecule has 0 saturated carbocycles. The Morgan fingerprint density at radius 2 is 1.91 bits per heavy atom. The van der Waals surface area contributed by atoms with E-state index in [1.54, 1.807) is 0 Å². The van der Waals surface area contributed by atoms with Gasteiger partial charge in [-0.25, -0.2) is 5.48 Å². The van der Waals surface area contributed by atoms with Crippen molar-refractivity contribution in [1.82, 2.24) is 5.48 Å². The summed E-state index contributed by atoms with van der Waals surface area (Å²) < 4.78 is 0. The summed E-state index contributed by atoms with van der Waals surface area (Å²) >= 11 is 5.68. The first-order valence-electron chi connectivity index (χ1n) is 3.44. The van der Waals surface area contributed by atoms with Gasteiger partial charge in [-0.15, -0.1) is 0 Å². The Morgan fingerprint density at radius 3 is 2.45 bits per heavy atom. The fraction of sp³-hybridized carbons (Fsp3) is 0.250. The Bertz CT molecular complexity index is 210. The van der Waals surface area contributed by atoms with Crippen molar-refractivity contribution in [2.24, 2.45) is 0 Å². The van der Waals surface area contributed by atoms with Crippen LogP contribution in [0.15, 0.2) is 24.3 Å². The molecule has 60 valence electrons. The zero-order valence-electron chi connectivity index (χ0n) is 6.05. The number of halogens is 1. The summed E-state index contributed by atoms with van der Waals surface area (Å²) in [5.74, 6) is 0. The van der Waals surface area contributed by atoms with Gasteiger partial charge in [0.2, 0.25) is 0 Å². The molecule has 3 heteroatoms. The van der Waals surface area contributed by atoms with Gasteiger partial charge >= 0.3 is 0 Å². The Kier molecular flexibility index (Phi) is 3.36. The van der Waals surface area contributed by atoms with E-state index >= 15 is 0 Å². The summed E-state index contributed by atoms with van der Waals surface area (Å²) in [5.41, 5.74) is 3.26. The van der Waals surface area contributed by atoms with Gasteiger partial charge in [0.05, 0.1) is 0 Å². The molecule has 0 aliphatic carbocycles. The monoisotopic (exact) mass is 171 g/mol. The summed E-state index contributed by atoms with van der Waals surface area (Å²) in [6.07, 6.45) is 0.813. The van der Waals surface area contributed by atoms with Gasteiger partial charge in [0.1, 0.15) is 0 Å². The highest BCUT2D eigenvalue weighted by Crippen LogP contribution is 2.09. The Balaban J connectivity index is 2.52. The Morgan fingerprint density at radius 1 is 1.27 bits per heavy atom. The van der Waals surface area contributed by atoms with Gasteiger partial charge in [-0.05, 0) is 24.1 Å². The van der Waals surface area contributed by atoms with E-state index in [1.165, 1.54) is 0 Å². The molecule has 1 rings (SSSR count). The molecule has 11 heavy (non-hydrogen) atoms. The summed E-state index contributed by atoms with van der Waals surface area (Å²) in [4.78, 5) is 0. The van der Waals surface area contributed by atoms with Crippen LogP contribution in [0.2, 0.25) is 5.02 Å². The number of rotatable bonds is 3. The SMILES string of the molecule is ONCCc1ccc(Cl)cc1. The summed E-state index contributed by atoms with van der Waals surface area (Å²) in [6, 6.07) is 7.57. The van der Waals surface area contributed by atoms with Crippen molar-refractivity contribution in [3.63, 3.8) is 0 Å². The van der Waals surface area contributed by atoms with Crippen LogP contribution in [0.4, 0.5) is 0 Å². The molecule has 0 atom stereocenters. The second-order valence-electron chi connectivity index (χ2n) is 2.28. The quantitative estimate of drug-likeness (QED) is 0.681. The average molecular weight is 172 g/mol. The highest BCUT2D eigenvalue weighted by Gasteiger charge is 1.91. The minimum absolute atomic E-state index is 0.571. The molecule has 0 radical (unpaired) electrons. The maximum Gasteiger partial charge on any atom is 0.0406 e. The average Bonchev–Trinajstić information content (AvgIpc) is 2.04. The molecule has 0 fully saturated rings. The normalized spacial score (nSPS) is 10.0. The standard InChI is InChI=1S/C8H10ClNO/c9-8-3-1-7(2-4-8)5-6-10-11/h1-4,10-11H,5-6H2. The van der Waals surface area contributed by atoms with Crippen LogP contribution in [0.25, 0.3) is 0 Å². The number of hydrogen-bond donors (Lipinski definition) is 2. The molecule has 1 aromatic carbocycles. The fourth-order valence-corrected chi connectivity index (χ4v) is 0.977. The highest BCUT2D eigenvalue weighted by molar-refractivity contribution is 6.30. The van der Waals surface area contributed by atoms with E-state index in [0.717, 1.165) is 17.0 Å². The molecular weight excluding hydrogens is 162 g/mol. The lowest BCUT2D eigenvalue weighted by molar-refractivity contribution is 0.168. The minimum Gasteiger partial charge on any atom is -0.317 e. The lowest BCUT2D eigenvalue weighted by Crippen LogP contribution is -2.10. The van der Waals surface area contributed by atoms with Gasteiger partial charge in [0, 0.05) is 11.6 Å². The van der Waals surface area contributed by atoms with Gasteiger partial charge in [-0.3, -0.25) is 0 Å². The lowest BCUT2D eigenvalue weighted by Gasteiger charge is -1.98. The third kappa shape index (κ3) is 2.89. The molecule has 2 N–H and O–H groups in total. The van der Waals surface area contributed by atoms with Gasteiger partial charge in [-0.2, -0.15) is 0 Å². The molecule has 0 aliphatic rings.